The first-order valence-electron chi connectivity index (χ1n) is 10.6. The summed E-state index contributed by atoms with van der Waals surface area (Å²) in [5.41, 5.74) is 1.70. The van der Waals surface area contributed by atoms with Gasteiger partial charge in [0.1, 0.15) is 22.6 Å². The van der Waals surface area contributed by atoms with Gasteiger partial charge in [-0.1, -0.05) is 12.1 Å². The van der Waals surface area contributed by atoms with Gasteiger partial charge in [-0.15, -0.1) is 11.3 Å². The van der Waals surface area contributed by atoms with Crippen LogP contribution in [0.4, 0.5) is 10.1 Å². The molecule has 1 aromatic heterocycles. The van der Waals surface area contributed by atoms with Gasteiger partial charge in [0.15, 0.2) is 0 Å². The van der Waals surface area contributed by atoms with E-state index in [2.05, 4.69) is 10.3 Å². The van der Waals surface area contributed by atoms with Crippen molar-refractivity contribution in [1.29, 1.82) is 0 Å². The van der Waals surface area contributed by atoms with Gasteiger partial charge in [0, 0.05) is 12.2 Å². The highest BCUT2D eigenvalue weighted by Gasteiger charge is 2.39. The number of phenolic OH excluding ortho intramolecular Hbond substituents is 1. The van der Waals surface area contributed by atoms with Gasteiger partial charge in [0.05, 0.1) is 20.7 Å². The van der Waals surface area contributed by atoms with Crippen molar-refractivity contribution < 1.29 is 22.7 Å². The number of nitrogens with zero attached hydrogens (tertiary/aromatic N) is 2. The summed E-state index contributed by atoms with van der Waals surface area (Å²) in [7, 11) is -3.96. The fourth-order valence-corrected chi connectivity index (χ4v) is 6.68. The molecule has 1 aliphatic heterocycles. The Bertz CT molecular complexity index is 1450. The largest absolute Gasteiger partial charge is 0.507 e. The summed E-state index contributed by atoms with van der Waals surface area (Å²) in [6, 6.07) is 15.9. The number of halogens is 1. The van der Waals surface area contributed by atoms with Crippen LogP contribution >= 0.6 is 11.3 Å². The number of amides is 1. The van der Waals surface area contributed by atoms with Crippen molar-refractivity contribution in [3.8, 4) is 16.3 Å². The molecule has 1 atom stereocenters. The zero-order valence-electron chi connectivity index (χ0n) is 17.8. The highest BCUT2D eigenvalue weighted by atomic mass is 32.2. The Morgan fingerprint density at radius 3 is 2.65 bits per heavy atom. The van der Waals surface area contributed by atoms with E-state index in [1.807, 2.05) is 24.3 Å². The van der Waals surface area contributed by atoms with Crippen LogP contribution < -0.4 is 5.32 Å². The highest BCUT2D eigenvalue weighted by molar-refractivity contribution is 7.89. The van der Waals surface area contributed by atoms with Gasteiger partial charge in [0.2, 0.25) is 15.9 Å². The number of phenols is 1. The van der Waals surface area contributed by atoms with E-state index >= 15 is 0 Å². The number of fused-ring (bicyclic) bond motifs is 1. The number of benzene rings is 3. The fourth-order valence-electron chi connectivity index (χ4n) is 4.03. The van der Waals surface area contributed by atoms with Crippen molar-refractivity contribution in [2.24, 2.45) is 0 Å². The van der Waals surface area contributed by atoms with E-state index in [1.54, 1.807) is 12.1 Å². The molecule has 10 heteroatoms. The van der Waals surface area contributed by atoms with Crippen LogP contribution in [0.3, 0.4) is 0 Å². The summed E-state index contributed by atoms with van der Waals surface area (Å²) in [6.07, 6.45) is 0.903. The maximum absolute atomic E-state index is 13.2. The van der Waals surface area contributed by atoms with Crippen LogP contribution in [0, 0.1) is 5.82 Å². The van der Waals surface area contributed by atoms with E-state index in [4.69, 9.17) is 0 Å². The molecule has 0 aliphatic carbocycles. The van der Waals surface area contributed by atoms with Crippen LogP contribution in [-0.2, 0) is 14.8 Å². The maximum Gasteiger partial charge on any atom is 0.243 e. The second-order valence-electron chi connectivity index (χ2n) is 7.94. The highest BCUT2D eigenvalue weighted by Crippen LogP contribution is 2.37. The molecule has 0 saturated carbocycles. The molecule has 0 bridgehead atoms. The van der Waals surface area contributed by atoms with E-state index in [0.29, 0.717) is 29.1 Å². The fraction of sp³-hybridized carbons (Fsp3) is 0.167. The summed E-state index contributed by atoms with van der Waals surface area (Å²) in [5, 5.41) is 13.8. The molecule has 1 fully saturated rings. The topological polar surface area (TPSA) is 99.6 Å². The number of hydrogen-bond acceptors (Lipinski definition) is 6. The van der Waals surface area contributed by atoms with Gasteiger partial charge in [0.25, 0.3) is 0 Å². The van der Waals surface area contributed by atoms with Gasteiger partial charge in [-0.25, -0.2) is 17.8 Å². The minimum Gasteiger partial charge on any atom is -0.507 e. The molecule has 0 unspecified atom stereocenters. The SMILES string of the molecule is O=C(Nc1ccc(O)c(-c2nc3ccccc3s2)c1)[C@H]1CCCN1S(=O)(=O)c1ccc(F)cc1. The molecule has 1 saturated heterocycles. The second-order valence-corrected chi connectivity index (χ2v) is 10.9. The molecule has 174 valence electrons. The molecular weight excluding hydrogens is 477 g/mol. The lowest BCUT2D eigenvalue weighted by molar-refractivity contribution is -0.119. The first kappa shape index (κ1) is 22.5. The predicted octanol–water partition coefficient (Wildman–Crippen LogP) is 4.60. The molecule has 4 aromatic rings. The van der Waals surface area contributed by atoms with Gasteiger partial charge >= 0.3 is 0 Å². The third-order valence-electron chi connectivity index (χ3n) is 5.71. The molecule has 1 amide bonds. The number of para-hydroxylation sites is 1. The molecule has 34 heavy (non-hydrogen) atoms. The van der Waals surface area contributed by atoms with Gasteiger partial charge in [-0.05, 0) is 67.4 Å². The Kier molecular flexibility index (Phi) is 5.80. The lowest BCUT2D eigenvalue weighted by Gasteiger charge is -2.23. The van der Waals surface area contributed by atoms with Gasteiger partial charge < -0.3 is 10.4 Å². The number of carbonyl (C=O) groups excluding carboxylic acids is 1. The third kappa shape index (κ3) is 4.15. The minimum atomic E-state index is -3.96. The Morgan fingerprint density at radius 2 is 1.88 bits per heavy atom. The number of rotatable bonds is 5. The number of anilines is 1. The van der Waals surface area contributed by atoms with Crippen LogP contribution in [0.1, 0.15) is 12.8 Å². The van der Waals surface area contributed by atoms with Crippen LogP contribution in [-0.4, -0.2) is 41.3 Å². The lowest BCUT2D eigenvalue weighted by atomic mass is 10.1. The summed E-state index contributed by atoms with van der Waals surface area (Å²) in [4.78, 5) is 17.6. The maximum atomic E-state index is 13.2. The number of thiazole rings is 1. The zero-order valence-corrected chi connectivity index (χ0v) is 19.4. The Labute approximate surface area is 199 Å². The van der Waals surface area contributed by atoms with Gasteiger partial charge in [-0.2, -0.15) is 4.31 Å². The van der Waals surface area contributed by atoms with Crippen molar-refractivity contribution in [3.63, 3.8) is 0 Å². The molecule has 0 spiro atoms. The minimum absolute atomic E-state index is 0.0263. The van der Waals surface area contributed by atoms with Crippen molar-refractivity contribution in [2.45, 2.75) is 23.8 Å². The number of carbonyl (C=O) groups is 1. The smallest absolute Gasteiger partial charge is 0.243 e. The van der Waals surface area contributed by atoms with E-state index in [0.717, 1.165) is 26.7 Å². The van der Waals surface area contributed by atoms with E-state index < -0.39 is 27.8 Å². The molecule has 1 aliphatic rings. The quantitative estimate of drug-likeness (QED) is 0.393. The first-order chi connectivity index (χ1) is 16.3. The van der Waals surface area contributed by atoms with Gasteiger partial charge in [-0.3, -0.25) is 4.79 Å². The summed E-state index contributed by atoms with van der Waals surface area (Å²) < 4.78 is 41.5. The number of nitrogens with one attached hydrogen (secondary N) is 1. The van der Waals surface area contributed by atoms with Crippen LogP contribution in [0.5, 0.6) is 5.75 Å². The summed E-state index contributed by atoms with van der Waals surface area (Å²) in [6.45, 7) is 0.199. The summed E-state index contributed by atoms with van der Waals surface area (Å²) >= 11 is 1.42. The molecule has 7 nitrogen and oxygen atoms in total. The first-order valence-corrected chi connectivity index (χ1v) is 12.9. The monoisotopic (exact) mass is 497 g/mol. The Hall–Kier alpha value is -3.34. The Morgan fingerprint density at radius 1 is 1.12 bits per heavy atom. The molecule has 5 rings (SSSR count). The number of hydrogen-bond donors (Lipinski definition) is 2. The predicted molar refractivity (Wildman–Crippen MR) is 129 cm³/mol. The normalized spacial score (nSPS) is 16.7. The average Bonchev–Trinajstić information content (AvgIpc) is 3.48. The van der Waals surface area contributed by atoms with Crippen LogP contribution in [0.15, 0.2) is 71.6 Å². The van der Waals surface area contributed by atoms with E-state index in [-0.39, 0.29) is 17.2 Å². The van der Waals surface area contributed by atoms with Crippen molar-refractivity contribution in [1.82, 2.24) is 9.29 Å². The summed E-state index contributed by atoms with van der Waals surface area (Å²) in [5.74, 6) is -0.978. The lowest BCUT2D eigenvalue weighted by Crippen LogP contribution is -2.43. The second kappa shape index (κ2) is 8.79. The zero-order chi connectivity index (χ0) is 23.9. The van der Waals surface area contributed by atoms with Crippen molar-refractivity contribution >= 4 is 43.2 Å². The molecule has 2 N–H and O–H groups in total. The van der Waals surface area contributed by atoms with Crippen LogP contribution in [0.25, 0.3) is 20.8 Å². The Balaban J connectivity index is 1.39. The van der Waals surface area contributed by atoms with E-state index in [9.17, 15) is 22.7 Å². The molecule has 3 aromatic carbocycles. The van der Waals surface area contributed by atoms with E-state index in [1.165, 1.54) is 29.5 Å². The third-order valence-corrected chi connectivity index (χ3v) is 8.71. The molecular formula is C24H20FN3O4S2. The number of aromatic nitrogens is 1. The standard InChI is InChI=1S/C24H20FN3O4S2/c25-15-7-10-17(11-8-15)34(31,32)28-13-3-5-20(28)23(30)26-16-9-12-21(29)18(14-16)24-27-19-4-1-2-6-22(19)33-24/h1-2,4,6-12,14,20,29H,3,5,13H2,(H,26,30)/t20-/m1/s1. The van der Waals surface area contributed by atoms with Crippen molar-refractivity contribution in [3.05, 3.63) is 72.5 Å². The van der Waals surface area contributed by atoms with Crippen LogP contribution in [0.2, 0.25) is 0 Å². The number of aromatic hydroxyl groups is 1. The van der Waals surface area contributed by atoms with Crippen molar-refractivity contribution in [2.75, 3.05) is 11.9 Å². The molecule has 2 heterocycles. The average molecular weight is 498 g/mol. The molecule has 0 radical (unpaired) electrons. The number of sulfonamides is 1.